The van der Waals surface area contributed by atoms with Gasteiger partial charge in [0.2, 0.25) is 11.2 Å². The lowest BCUT2D eigenvalue weighted by molar-refractivity contribution is -0.140. The molecule has 156 valence electrons. The summed E-state index contributed by atoms with van der Waals surface area (Å²) in [4.78, 5) is 25.4. The second-order valence-corrected chi connectivity index (χ2v) is 7.87. The van der Waals surface area contributed by atoms with Gasteiger partial charge in [0.15, 0.2) is 5.76 Å². The van der Waals surface area contributed by atoms with Crippen molar-refractivity contribution in [3.8, 4) is 11.5 Å². The molecular weight excluding hydrogens is 404 g/mol. The standard InChI is InChI=1S/C23H22O6S/c1-14-6-8-18(9-7-14)30-13-17-11-20(25)22(27)23(29-17)19(12-21(26)28-2)15-4-3-5-16(24)10-15/h3-11,19,24,27H,12-13H2,1-2H3/t19-/m0/s1. The Morgan fingerprint density at radius 3 is 2.53 bits per heavy atom. The van der Waals surface area contributed by atoms with E-state index in [-0.39, 0.29) is 17.9 Å². The van der Waals surface area contributed by atoms with Crippen LogP contribution in [0.1, 0.15) is 35.0 Å². The van der Waals surface area contributed by atoms with E-state index in [0.717, 1.165) is 10.5 Å². The van der Waals surface area contributed by atoms with E-state index in [4.69, 9.17) is 9.15 Å². The molecule has 30 heavy (non-hydrogen) atoms. The first-order chi connectivity index (χ1) is 14.4. The topological polar surface area (TPSA) is 97.0 Å². The maximum atomic E-state index is 12.4. The van der Waals surface area contributed by atoms with Gasteiger partial charge in [-0.2, -0.15) is 0 Å². The van der Waals surface area contributed by atoms with Crippen LogP contribution in [0.5, 0.6) is 11.5 Å². The van der Waals surface area contributed by atoms with E-state index in [1.165, 1.54) is 37.1 Å². The number of hydrogen-bond acceptors (Lipinski definition) is 7. The largest absolute Gasteiger partial charge is 0.508 e. The molecule has 0 aliphatic rings. The number of phenols is 1. The Labute approximate surface area is 178 Å². The van der Waals surface area contributed by atoms with Gasteiger partial charge in [0, 0.05) is 11.0 Å². The fourth-order valence-corrected chi connectivity index (χ4v) is 3.78. The van der Waals surface area contributed by atoms with Crippen LogP contribution in [0.2, 0.25) is 0 Å². The summed E-state index contributed by atoms with van der Waals surface area (Å²) in [7, 11) is 1.26. The Morgan fingerprint density at radius 1 is 1.13 bits per heavy atom. The smallest absolute Gasteiger partial charge is 0.306 e. The van der Waals surface area contributed by atoms with Gasteiger partial charge in [-0.15, -0.1) is 11.8 Å². The molecule has 0 spiro atoms. The number of benzene rings is 2. The highest BCUT2D eigenvalue weighted by atomic mass is 32.2. The van der Waals surface area contributed by atoms with Gasteiger partial charge in [-0.25, -0.2) is 0 Å². The van der Waals surface area contributed by atoms with Gasteiger partial charge >= 0.3 is 5.97 Å². The highest BCUT2D eigenvalue weighted by molar-refractivity contribution is 7.98. The van der Waals surface area contributed by atoms with Crippen LogP contribution in [-0.2, 0) is 15.3 Å². The maximum absolute atomic E-state index is 12.4. The van der Waals surface area contributed by atoms with E-state index in [9.17, 15) is 19.8 Å². The number of hydrogen-bond donors (Lipinski definition) is 2. The van der Waals surface area contributed by atoms with Crippen LogP contribution < -0.4 is 5.43 Å². The molecule has 2 N–H and O–H groups in total. The number of esters is 1. The second kappa shape index (κ2) is 9.54. The van der Waals surface area contributed by atoms with Crippen molar-refractivity contribution in [1.82, 2.24) is 0 Å². The highest BCUT2D eigenvalue weighted by Gasteiger charge is 2.26. The number of aromatic hydroxyl groups is 2. The van der Waals surface area contributed by atoms with Crippen molar-refractivity contribution in [1.29, 1.82) is 0 Å². The van der Waals surface area contributed by atoms with Crippen LogP contribution in [-0.4, -0.2) is 23.3 Å². The van der Waals surface area contributed by atoms with Gasteiger partial charge in [0.25, 0.3) is 0 Å². The van der Waals surface area contributed by atoms with E-state index in [1.54, 1.807) is 12.1 Å². The SMILES string of the molecule is COC(=O)C[C@@H](c1cccc(O)c1)c1oc(CSc2ccc(C)cc2)cc(=O)c1O. The molecule has 0 amide bonds. The Balaban J connectivity index is 1.96. The molecule has 7 heteroatoms. The quantitative estimate of drug-likeness (QED) is 0.428. The second-order valence-electron chi connectivity index (χ2n) is 6.82. The van der Waals surface area contributed by atoms with Crippen molar-refractivity contribution >= 4 is 17.7 Å². The van der Waals surface area contributed by atoms with Crippen molar-refractivity contribution in [2.24, 2.45) is 0 Å². The first-order valence-corrected chi connectivity index (χ1v) is 10.3. The average Bonchev–Trinajstić information content (AvgIpc) is 2.74. The zero-order valence-electron chi connectivity index (χ0n) is 16.6. The van der Waals surface area contributed by atoms with Crippen molar-refractivity contribution in [2.75, 3.05) is 7.11 Å². The molecule has 0 aliphatic heterocycles. The van der Waals surface area contributed by atoms with Crippen molar-refractivity contribution in [3.05, 3.63) is 87.5 Å². The molecule has 1 heterocycles. The average molecular weight is 426 g/mol. The molecule has 2 aromatic carbocycles. The summed E-state index contributed by atoms with van der Waals surface area (Å²) in [6.45, 7) is 2.00. The summed E-state index contributed by atoms with van der Waals surface area (Å²) >= 11 is 1.49. The lowest BCUT2D eigenvalue weighted by atomic mass is 9.92. The Morgan fingerprint density at radius 2 is 1.87 bits per heavy atom. The fourth-order valence-electron chi connectivity index (χ4n) is 3.00. The molecule has 3 aromatic rings. The van der Waals surface area contributed by atoms with Crippen LogP contribution in [0.25, 0.3) is 0 Å². The van der Waals surface area contributed by atoms with Crippen LogP contribution >= 0.6 is 11.8 Å². The molecule has 1 aromatic heterocycles. The summed E-state index contributed by atoms with van der Waals surface area (Å²) in [6, 6.07) is 15.4. The van der Waals surface area contributed by atoms with Gasteiger partial charge in [0.1, 0.15) is 11.5 Å². The van der Waals surface area contributed by atoms with E-state index in [2.05, 4.69) is 0 Å². The van der Waals surface area contributed by atoms with E-state index in [1.807, 2.05) is 31.2 Å². The first kappa shape index (κ1) is 21.5. The summed E-state index contributed by atoms with van der Waals surface area (Å²) in [5, 5.41) is 20.2. The molecule has 0 aliphatic carbocycles. The molecule has 0 saturated carbocycles. The molecule has 1 atom stereocenters. The number of thioether (sulfide) groups is 1. The van der Waals surface area contributed by atoms with Gasteiger partial charge in [-0.3, -0.25) is 9.59 Å². The Kier molecular flexibility index (Phi) is 6.84. The summed E-state index contributed by atoms with van der Waals surface area (Å²) in [5.41, 5.74) is 1.07. The lowest BCUT2D eigenvalue weighted by Gasteiger charge is -2.17. The molecule has 0 radical (unpaired) electrons. The minimum atomic E-state index is -0.790. The predicted octanol–water partition coefficient (Wildman–Crippen LogP) is 4.35. The number of phenolic OH excluding ortho intramolecular Hbond substituents is 1. The molecule has 0 fully saturated rings. The minimum Gasteiger partial charge on any atom is -0.508 e. The number of rotatable bonds is 7. The number of aryl methyl sites for hydroxylation is 1. The number of methoxy groups -OCH3 is 1. The fraction of sp³-hybridized carbons (Fsp3) is 0.217. The highest BCUT2D eigenvalue weighted by Crippen LogP contribution is 2.35. The summed E-state index contributed by atoms with van der Waals surface area (Å²) < 4.78 is 10.6. The molecule has 0 bridgehead atoms. The predicted molar refractivity (Wildman–Crippen MR) is 114 cm³/mol. The monoisotopic (exact) mass is 426 g/mol. The van der Waals surface area contributed by atoms with Gasteiger partial charge in [-0.05, 0) is 36.8 Å². The zero-order valence-corrected chi connectivity index (χ0v) is 17.4. The molecular formula is C23H22O6S. The molecule has 3 rings (SSSR count). The third-order valence-electron chi connectivity index (χ3n) is 4.59. The van der Waals surface area contributed by atoms with Crippen LogP contribution in [0, 0.1) is 6.92 Å². The number of carbonyl (C=O) groups excluding carboxylic acids is 1. The molecule has 0 unspecified atom stereocenters. The molecule has 6 nitrogen and oxygen atoms in total. The van der Waals surface area contributed by atoms with E-state index < -0.39 is 23.1 Å². The van der Waals surface area contributed by atoms with E-state index >= 15 is 0 Å². The van der Waals surface area contributed by atoms with Crippen molar-refractivity contribution < 1.29 is 24.2 Å². The third kappa shape index (κ3) is 5.24. The number of ether oxygens (including phenoxy) is 1. The molecule has 0 saturated heterocycles. The Hall–Kier alpha value is -3.19. The van der Waals surface area contributed by atoms with Crippen LogP contribution in [0.15, 0.2) is 68.7 Å². The maximum Gasteiger partial charge on any atom is 0.306 e. The lowest BCUT2D eigenvalue weighted by Crippen LogP contribution is -2.14. The number of carbonyl (C=O) groups is 1. The van der Waals surface area contributed by atoms with Gasteiger partial charge < -0.3 is 19.4 Å². The summed E-state index contributed by atoms with van der Waals surface area (Å²) in [5.74, 6) is -1.18. The summed E-state index contributed by atoms with van der Waals surface area (Å²) in [6.07, 6.45) is -0.162. The Bertz CT molecular complexity index is 1090. The van der Waals surface area contributed by atoms with E-state index in [0.29, 0.717) is 17.1 Å². The van der Waals surface area contributed by atoms with Gasteiger partial charge in [0.05, 0.1) is 25.2 Å². The van der Waals surface area contributed by atoms with Crippen LogP contribution in [0.3, 0.4) is 0 Å². The zero-order chi connectivity index (χ0) is 21.7. The normalized spacial score (nSPS) is 11.8. The third-order valence-corrected chi connectivity index (χ3v) is 5.62. The first-order valence-electron chi connectivity index (χ1n) is 9.28. The van der Waals surface area contributed by atoms with Gasteiger partial charge in [-0.1, -0.05) is 29.8 Å². The van der Waals surface area contributed by atoms with Crippen LogP contribution in [0.4, 0.5) is 0 Å². The van der Waals surface area contributed by atoms with Crippen molar-refractivity contribution in [3.63, 3.8) is 0 Å². The van der Waals surface area contributed by atoms with Crippen molar-refractivity contribution in [2.45, 2.75) is 29.9 Å². The minimum absolute atomic E-state index is 0.00437.